The summed E-state index contributed by atoms with van der Waals surface area (Å²) in [6.07, 6.45) is 2.51. The van der Waals surface area contributed by atoms with Crippen molar-refractivity contribution >= 4 is 21.4 Å². The number of halogens is 1. The van der Waals surface area contributed by atoms with Crippen LogP contribution < -0.4 is 5.32 Å². The summed E-state index contributed by atoms with van der Waals surface area (Å²) in [5, 5.41) is 4.26. The van der Waals surface area contributed by atoms with E-state index in [1.54, 1.807) is 18.3 Å². The molecule has 0 atom stereocenters. The summed E-state index contributed by atoms with van der Waals surface area (Å²) in [7, 11) is 0. The highest BCUT2D eigenvalue weighted by Crippen LogP contribution is 2.34. The highest BCUT2D eigenvalue weighted by atomic mass is 32.1. The molecule has 3 nitrogen and oxygen atoms in total. The van der Waals surface area contributed by atoms with Gasteiger partial charge in [0.1, 0.15) is 5.82 Å². The Bertz CT molecular complexity index is 720. The number of hydrogen-bond donors (Lipinski definition) is 1. The van der Waals surface area contributed by atoms with Gasteiger partial charge in [0, 0.05) is 17.7 Å². The van der Waals surface area contributed by atoms with Crippen LogP contribution in [0.3, 0.4) is 0 Å². The second-order valence-corrected chi connectivity index (χ2v) is 5.60. The molecule has 0 aliphatic carbocycles. The maximum atomic E-state index is 13.2. The maximum Gasteiger partial charge on any atom is 0.196 e. The first-order valence-corrected chi connectivity index (χ1v) is 7.43. The summed E-state index contributed by atoms with van der Waals surface area (Å²) in [4.78, 5) is 5.26. The lowest BCUT2D eigenvalue weighted by atomic mass is 10.2. The van der Waals surface area contributed by atoms with Gasteiger partial charge in [-0.3, -0.25) is 0 Å². The summed E-state index contributed by atoms with van der Waals surface area (Å²) in [5.41, 5.74) is 0. The number of likely N-dealkylation sites (N-methyl/N-ethyl adjacent to an activating group) is 1. The van der Waals surface area contributed by atoms with Crippen LogP contribution in [0.15, 0.2) is 34.9 Å². The van der Waals surface area contributed by atoms with Crippen LogP contribution in [0, 0.1) is 5.82 Å². The first-order chi connectivity index (χ1) is 9.76. The zero-order valence-corrected chi connectivity index (χ0v) is 12.0. The zero-order chi connectivity index (χ0) is 13.9. The number of fused-ring (bicyclic) bond motifs is 1. The normalized spacial score (nSPS) is 11.3. The summed E-state index contributed by atoms with van der Waals surface area (Å²) in [6.45, 7) is 3.86. The molecular formula is C15H15FN2OS. The fourth-order valence-corrected chi connectivity index (χ4v) is 3.07. The molecule has 104 valence electrons. The lowest BCUT2D eigenvalue weighted by Crippen LogP contribution is -2.16. The fraction of sp³-hybridized carbons (Fsp3) is 0.267. The zero-order valence-electron chi connectivity index (χ0n) is 11.1. The van der Waals surface area contributed by atoms with E-state index in [4.69, 9.17) is 4.42 Å². The van der Waals surface area contributed by atoms with Crippen molar-refractivity contribution in [3.05, 3.63) is 42.2 Å². The molecule has 2 heterocycles. The van der Waals surface area contributed by atoms with Crippen molar-refractivity contribution in [2.45, 2.75) is 13.3 Å². The number of aromatic nitrogens is 1. The number of nitrogens with one attached hydrogen (secondary N) is 1. The minimum Gasteiger partial charge on any atom is -0.440 e. The Balaban J connectivity index is 1.83. The van der Waals surface area contributed by atoms with E-state index in [9.17, 15) is 4.39 Å². The SMILES string of the molecule is CCNCCc1ncc(-c2cc3ccc(F)cc3s2)o1. The number of nitrogens with zero attached hydrogens (tertiary/aromatic N) is 1. The molecule has 0 saturated heterocycles. The Morgan fingerprint density at radius 3 is 3.10 bits per heavy atom. The molecule has 0 aliphatic rings. The van der Waals surface area contributed by atoms with E-state index in [2.05, 4.69) is 17.2 Å². The van der Waals surface area contributed by atoms with E-state index in [-0.39, 0.29) is 5.82 Å². The van der Waals surface area contributed by atoms with Crippen LogP contribution in [-0.2, 0) is 6.42 Å². The van der Waals surface area contributed by atoms with Gasteiger partial charge in [0.25, 0.3) is 0 Å². The lowest BCUT2D eigenvalue weighted by Gasteiger charge is -1.96. The van der Waals surface area contributed by atoms with Gasteiger partial charge in [0.05, 0.1) is 11.1 Å². The van der Waals surface area contributed by atoms with Crippen LogP contribution >= 0.6 is 11.3 Å². The maximum absolute atomic E-state index is 13.2. The standard InChI is InChI=1S/C15H15FN2OS/c1-2-17-6-5-15-18-9-12(19-15)14-7-10-3-4-11(16)8-13(10)20-14/h3-4,7-9,17H,2,5-6H2,1H3. The molecule has 3 rings (SSSR count). The van der Waals surface area contributed by atoms with Gasteiger partial charge in [-0.15, -0.1) is 11.3 Å². The van der Waals surface area contributed by atoms with Gasteiger partial charge in [0.2, 0.25) is 0 Å². The molecule has 3 aromatic rings. The van der Waals surface area contributed by atoms with Crippen molar-refractivity contribution < 1.29 is 8.81 Å². The number of thiophene rings is 1. The van der Waals surface area contributed by atoms with Gasteiger partial charge in [-0.2, -0.15) is 0 Å². The van der Waals surface area contributed by atoms with Crippen molar-refractivity contribution in [2.75, 3.05) is 13.1 Å². The molecule has 0 spiro atoms. The van der Waals surface area contributed by atoms with Crippen LogP contribution in [0.2, 0.25) is 0 Å². The first kappa shape index (κ1) is 13.3. The molecule has 2 aromatic heterocycles. The van der Waals surface area contributed by atoms with Crippen LogP contribution in [0.4, 0.5) is 4.39 Å². The largest absolute Gasteiger partial charge is 0.440 e. The van der Waals surface area contributed by atoms with Crippen LogP contribution in [0.5, 0.6) is 0 Å². The predicted octanol–water partition coefficient (Wildman–Crippen LogP) is 3.85. The molecule has 0 radical (unpaired) electrons. The Morgan fingerprint density at radius 2 is 2.25 bits per heavy atom. The number of hydrogen-bond acceptors (Lipinski definition) is 4. The van der Waals surface area contributed by atoms with Crippen molar-refractivity contribution in [3.63, 3.8) is 0 Å². The van der Waals surface area contributed by atoms with E-state index in [0.29, 0.717) is 0 Å². The molecule has 1 aromatic carbocycles. The Hall–Kier alpha value is -1.72. The first-order valence-electron chi connectivity index (χ1n) is 6.61. The van der Waals surface area contributed by atoms with Gasteiger partial charge >= 0.3 is 0 Å². The Morgan fingerprint density at radius 1 is 1.35 bits per heavy atom. The van der Waals surface area contributed by atoms with Gasteiger partial charge in [-0.25, -0.2) is 9.37 Å². The van der Waals surface area contributed by atoms with E-state index in [1.807, 2.05) is 6.07 Å². The van der Waals surface area contributed by atoms with Crippen LogP contribution in [-0.4, -0.2) is 18.1 Å². The second kappa shape index (κ2) is 5.73. The smallest absolute Gasteiger partial charge is 0.196 e. The fourth-order valence-electron chi connectivity index (χ4n) is 2.04. The molecule has 20 heavy (non-hydrogen) atoms. The topological polar surface area (TPSA) is 38.1 Å². The average Bonchev–Trinajstić information content (AvgIpc) is 3.04. The highest BCUT2D eigenvalue weighted by molar-refractivity contribution is 7.22. The minimum atomic E-state index is -0.213. The summed E-state index contributed by atoms with van der Waals surface area (Å²) in [6, 6.07) is 6.81. The monoisotopic (exact) mass is 290 g/mol. The van der Waals surface area contributed by atoms with Gasteiger partial charge in [-0.1, -0.05) is 13.0 Å². The Kier molecular flexibility index (Phi) is 3.80. The molecule has 0 unspecified atom stereocenters. The average molecular weight is 290 g/mol. The Labute approximate surface area is 120 Å². The molecule has 0 saturated carbocycles. The minimum absolute atomic E-state index is 0.213. The molecule has 0 bridgehead atoms. The van der Waals surface area contributed by atoms with E-state index >= 15 is 0 Å². The van der Waals surface area contributed by atoms with Crippen LogP contribution in [0.25, 0.3) is 20.7 Å². The van der Waals surface area contributed by atoms with Gasteiger partial charge in [0.15, 0.2) is 11.7 Å². The lowest BCUT2D eigenvalue weighted by molar-refractivity contribution is 0.498. The molecule has 0 fully saturated rings. The number of rotatable bonds is 5. The molecule has 0 amide bonds. The van der Waals surface area contributed by atoms with Crippen molar-refractivity contribution in [1.82, 2.24) is 10.3 Å². The van der Waals surface area contributed by atoms with Gasteiger partial charge in [-0.05, 0) is 30.1 Å². The van der Waals surface area contributed by atoms with E-state index in [0.717, 1.165) is 46.1 Å². The van der Waals surface area contributed by atoms with E-state index < -0.39 is 0 Å². The second-order valence-electron chi connectivity index (χ2n) is 4.51. The third-order valence-corrected chi connectivity index (χ3v) is 4.16. The third-order valence-electron chi connectivity index (χ3n) is 3.04. The molecular weight excluding hydrogens is 275 g/mol. The summed E-state index contributed by atoms with van der Waals surface area (Å²) < 4.78 is 19.9. The number of oxazole rings is 1. The highest BCUT2D eigenvalue weighted by Gasteiger charge is 2.10. The summed E-state index contributed by atoms with van der Waals surface area (Å²) in [5.74, 6) is 1.26. The number of benzene rings is 1. The third kappa shape index (κ3) is 2.73. The van der Waals surface area contributed by atoms with Crippen molar-refractivity contribution in [3.8, 4) is 10.6 Å². The molecule has 1 N–H and O–H groups in total. The molecule has 0 aliphatic heterocycles. The predicted molar refractivity (Wildman–Crippen MR) is 79.5 cm³/mol. The summed E-state index contributed by atoms with van der Waals surface area (Å²) >= 11 is 1.52. The van der Waals surface area contributed by atoms with Crippen molar-refractivity contribution in [2.24, 2.45) is 0 Å². The van der Waals surface area contributed by atoms with Crippen LogP contribution in [0.1, 0.15) is 12.8 Å². The quantitative estimate of drug-likeness (QED) is 0.725. The van der Waals surface area contributed by atoms with Crippen molar-refractivity contribution in [1.29, 1.82) is 0 Å². The molecule has 5 heteroatoms. The van der Waals surface area contributed by atoms with E-state index in [1.165, 1.54) is 17.4 Å². The van der Waals surface area contributed by atoms with Gasteiger partial charge < -0.3 is 9.73 Å².